The molecule has 2 atom stereocenters. The van der Waals surface area contributed by atoms with Crippen LogP contribution in [0.2, 0.25) is 0 Å². The Labute approximate surface area is 134 Å². The number of hydrogen-bond donors (Lipinski definition) is 1. The van der Waals surface area contributed by atoms with Gasteiger partial charge in [0, 0.05) is 6.42 Å². The monoisotopic (exact) mass is 384 g/mol. The van der Waals surface area contributed by atoms with E-state index in [-0.39, 0.29) is 36.1 Å². The Morgan fingerprint density at radius 3 is 2.16 bits per heavy atom. The molecule has 0 aromatic rings. The van der Waals surface area contributed by atoms with Crippen molar-refractivity contribution in [1.29, 1.82) is 0 Å². The Morgan fingerprint density at radius 1 is 1.16 bits per heavy atom. The van der Waals surface area contributed by atoms with E-state index in [1.807, 2.05) is 20.8 Å². The number of nitrogens with one attached hydrogen (secondary N) is 1. The van der Waals surface area contributed by atoms with Crippen LogP contribution in [0, 0.1) is 0 Å². The molecule has 114 valence electrons. The number of rotatable bonds is 2. The van der Waals surface area contributed by atoms with Gasteiger partial charge in [0.25, 0.3) is 0 Å². The Kier molecular flexibility index (Phi) is 7.09. The molecule has 0 aliphatic heterocycles. The van der Waals surface area contributed by atoms with Crippen LogP contribution in [0.3, 0.4) is 0 Å². The zero-order valence-corrected chi connectivity index (χ0v) is 15.3. The molecule has 0 radical (unpaired) electrons. The van der Waals surface area contributed by atoms with E-state index < -0.39 is 5.60 Å². The quantitative estimate of drug-likeness (QED) is 0.517. The van der Waals surface area contributed by atoms with Crippen molar-refractivity contribution in [3.8, 4) is 0 Å². The molecule has 0 aromatic heterocycles. The van der Waals surface area contributed by atoms with Crippen molar-refractivity contribution >= 4 is 6.09 Å². The number of carbonyl (C=O) groups is 1. The second-order valence-corrected chi connectivity index (χ2v) is 7.22. The molecule has 1 saturated carbocycles. The van der Waals surface area contributed by atoms with Gasteiger partial charge in [-0.25, -0.2) is 4.79 Å². The van der Waals surface area contributed by atoms with Gasteiger partial charge in [-0.15, -0.1) is 0 Å². The van der Waals surface area contributed by atoms with Crippen LogP contribution < -0.4 is 29.3 Å². The third-order valence-corrected chi connectivity index (χ3v) is 3.43. The summed E-state index contributed by atoms with van der Waals surface area (Å²) < 4.78 is 6.23. The molecule has 0 aromatic carbocycles. The number of halogens is 1. The summed E-state index contributed by atoms with van der Waals surface area (Å²) >= 11 is 0. The van der Waals surface area contributed by atoms with Crippen LogP contribution in [-0.4, -0.2) is 49.4 Å². The maximum atomic E-state index is 11.9. The summed E-state index contributed by atoms with van der Waals surface area (Å²) in [6, 6.07) is 0.708. The molecule has 0 saturated heterocycles. The van der Waals surface area contributed by atoms with E-state index in [1.165, 1.54) is 19.3 Å². The first kappa shape index (κ1) is 19.0. The van der Waals surface area contributed by atoms with Crippen LogP contribution in [-0.2, 0) is 4.74 Å². The number of nitrogens with zero attached hydrogens (tertiary/aromatic N) is 1. The lowest BCUT2D eigenvalue weighted by Gasteiger charge is -2.42. The van der Waals surface area contributed by atoms with Gasteiger partial charge in [0.1, 0.15) is 11.6 Å². The van der Waals surface area contributed by atoms with Gasteiger partial charge >= 0.3 is 6.09 Å². The van der Waals surface area contributed by atoms with Crippen LogP contribution in [0.4, 0.5) is 4.79 Å². The SMILES string of the molecule is CC(C)(C)OC(=O)NC1CCCCC1[N+](C)(C)C.[I-]. The standard InChI is InChI=1S/C14H28N2O2.HI/c1-14(2,3)18-13(17)15-11-9-7-8-10-12(11)16(4,5)6;/h11-12H,7-10H2,1-6H3;1H. The van der Waals surface area contributed by atoms with E-state index in [0.717, 1.165) is 10.9 Å². The van der Waals surface area contributed by atoms with E-state index in [9.17, 15) is 4.79 Å². The number of alkyl carbamates (subject to hydrolysis) is 1. The van der Waals surface area contributed by atoms with E-state index in [2.05, 4.69) is 26.5 Å². The molecule has 1 aliphatic carbocycles. The molecule has 5 heteroatoms. The molecule has 0 bridgehead atoms. The lowest BCUT2D eigenvalue weighted by Crippen LogP contribution is -3.00. The number of carbonyl (C=O) groups excluding carboxylic acids is 1. The summed E-state index contributed by atoms with van der Waals surface area (Å²) in [4.78, 5) is 11.9. The minimum atomic E-state index is -0.426. The minimum Gasteiger partial charge on any atom is -1.00 e. The molecular formula is C14H29IN2O2. The van der Waals surface area contributed by atoms with Gasteiger partial charge in [-0.1, -0.05) is 6.42 Å². The molecule has 0 spiro atoms. The fourth-order valence-corrected chi connectivity index (χ4v) is 2.67. The molecular weight excluding hydrogens is 355 g/mol. The van der Waals surface area contributed by atoms with Crippen molar-refractivity contribution in [1.82, 2.24) is 5.32 Å². The average Bonchev–Trinajstić information content (AvgIpc) is 2.13. The van der Waals surface area contributed by atoms with Crippen LogP contribution in [0.15, 0.2) is 0 Å². The third kappa shape index (κ3) is 6.79. The fraction of sp³-hybridized carbons (Fsp3) is 0.929. The second kappa shape index (κ2) is 7.11. The summed E-state index contributed by atoms with van der Waals surface area (Å²) in [5.74, 6) is 0. The van der Waals surface area contributed by atoms with Crippen molar-refractivity contribution in [2.24, 2.45) is 0 Å². The molecule has 1 aliphatic rings. The number of likely N-dealkylation sites (N-methyl/N-ethyl adjacent to an activating group) is 1. The zero-order valence-electron chi connectivity index (χ0n) is 13.1. The lowest BCUT2D eigenvalue weighted by molar-refractivity contribution is -0.898. The first-order chi connectivity index (χ1) is 8.09. The Bertz CT molecular complexity index is 295. The summed E-state index contributed by atoms with van der Waals surface area (Å²) in [5, 5.41) is 3.06. The lowest BCUT2D eigenvalue weighted by atomic mass is 9.88. The van der Waals surface area contributed by atoms with Crippen LogP contribution >= 0.6 is 0 Å². The van der Waals surface area contributed by atoms with Crippen molar-refractivity contribution in [3.63, 3.8) is 0 Å². The summed E-state index contributed by atoms with van der Waals surface area (Å²) in [5.41, 5.74) is -0.426. The highest BCUT2D eigenvalue weighted by molar-refractivity contribution is 5.68. The number of quaternary nitrogens is 1. The number of hydrogen-bond acceptors (Lipinski definition) is 2. The van der Waals surface area contributed by atoms with Gasteiger partial charge in [0.2, 0.25) is 0 Å². The Hall–Kier alpha value is -0.0400. The highest BCUT2D eigenvalue weighted by atomic mass is 127. The van der Waals surface area contributed by atoms with Crippen LogP contribution in [0.1, 0.15) is 46.5 Å². The maximum Gasteiger partial charge on any atom is 0.408 e. The summed E-state index contributed by atoms with van der Waals surface area (Å²) in [6.45, 7) is 5.68. The van der Waals surface area contributed by atoms with Crippen LogP contribution in [0.5, 0.6) is 0 Å². The fourth-order valence-electron chi connectivity index (χ4n) is 2.67. The maximum absolute atomic E-state index is 11.9. The van der Waals surface area contributed by atoms with Gasteiger partial charge in [0.15, 0.2) is 0 Å². The Balaban J connectivity index is 0.00000324. The van der Waals surface area contributed by atoms with E-state index >= 15 is 0 Å². The van der Waals surface area contributed by atoms with E-state index in [1.54, 1.807) is 0 Å². The summed E-state index contributed by atoms with van der Waals surface area (Å²) in [7, 11) is 6.58. The molecule has 1 amide bonds. The number of amides is 1. The highest BCUT2D eigenvalue weighted by Crippen LogP contribution is 2.25. The molecule has 4 nitrogen and oxygen atoms in total. The summed E-state index contributed by atoms with van der Waals surface area (Å²) in [6.07, 6.45) is 4.39. The van der Waals surface area contributed by atoms with Crippen molar-refractivity contribution in [2.75, 3.05) is 21.1 Å². The molecule has 0 heterocycles. The minimum absolute atomic E-state index is 0. The van der Waals surface area contributed by atoms with Gasteiger partial charge in [-0.05, 0) is 33.6 Å². The topological polar surface area (TPSA) is 38.3 Å². The van der Waals surface area contributed by atoms with E-state index in [4.69, 9.17) is 4.74 Å². The van der Waals surface area contributed by atoms with Crippen molar-refractivity contribution in [2.45, 2.75) is 64.1 Å². The first-order valence-corrected chi connectivity index (χ1v) is 6.90. The highest BCUT2D eigenvalue weighted by Gasteiger charge is 2.36. The molecule has 2 unspecified atom stereocenters. The van der Waals surface area contributed by atoms with Gasteiger partial charge < -0.3 is 38.5 Å². The van der Waals surface area contributed by atoms with Gasteiger partial charge in [-0.2, -0.15) is 0 Å². The largest absolute Gasteiger partial charge is 1.00 e. The van der Waals surface area contributed by atoms with E-state index in [0.29, 0.717) is 6.04 Å². The second-order valence-electron chi connectivity index (χ2n) is 7.22. The smallest absolute Gasteiger partial charge is 0.408 e. The predicted molar refractivity (Wildman–Crippen MR) is 73.4 cm³/mol. The average molecular weight is 384 g/mol. The van der Waals surface area contributed by atoms with Gasteiger partial charge in [0.05, 0.1) is 27.2 Å². The van der Waals surface area contributed by atoms with Crippen molar-refractivity contribution < 1.29 is 38.0 Å². The van der Waals surface area contributed by atoms with Crippen LogP contribution in [0.25, 0.3) is 0 Å². The Morgan fingerprint density at radius 2 is 1.68 bits per heavy atom. The molecule has 1 N–H and O–H groups in total. The molecule has 19 heavy (non-hydrogen) atoms. The normalized spacial score (nSPS) is 24.3. The number of ether oxygens (including phenoxy) is 1. The third-order valence-electron chi connectivity index (χ3n) is 3.43. The molecule has 1 rings (SSSR count). The first-order valence-electron chi connectivity index (χ1n) is 6.90. The predicted octanol–water partition coefficient (Wildman–Crippen LogP) is -0.467. The molecule has 1 fully saturated rings. The van der Waals surface area contributed by atoms with Crippen molar-refractivity contribution in [3.05, 3.63) is 0 Å². The van der Waals surface area contributed by atoms with Gasteiger partial charge in [-0.3, -0.25) is 0 Å². The zero-order chi connectivity index (χ0) is 14.0.